The second-order valence-electron chi connectivity index (χ2n) is 5.02. The van der Waals surface area contributed by atoms with Crippen molar-refractivity contribution in [2.24, 2.45) is 0 Å². The number of hydrogen-bond acceptors (Lipinski definition) is 5. The third-order valence-electron chi connectivity index (χ3n) is 3.73. The van der Waals surface area contributed by atoms with Crippen LogP contribution in [0.25, 0.3) is 0 Å². The molecule has 1 aromatic rings. The number of aryl methyl sites for hydroxylation is 1. The SMILES string of the molecule is C[C@@H]1[C@@H](O)[C@H](O)[C@@H](O)CN1CCCc1ccsc1. The van der Waals surface area contributed by atoms with Gasteiger partial charge in [-0.1, -0.05) is 0 Å². The zero-order valence-electron chi connectivity index (χ0n) is 10.6. The lowest BCUT2D eigenvalue weighted by atomic mass is 9.94. The van der Waals surface area contributed by atoms with Crippen LogP contribution in [0.15, 0.2) is 16.8 Å². The van der Waals surface area contributed by atoms with Crippen LogP contribution in [0.3, 0.4) is 0 Å². The van der Waals surface area contributed by atoms with Crippen LogP contribution in [0.1, 0.15) is 18.9 Å². The first-order chi connectivity index (χ1) is 8.59. The lowest BCUT2D eigenvalue weighted by molar-refractivity contribution is -0.133. The van der Waals surface area contributed by atoms with E-state index in [9.17, 15) is 15.3 Å². The van der Waals surface area contributed by atoms with Crippen LogP contribution in [0.4, 0.5) is 0 Å². The monoisotopic (exact) mass is 271 g/mol. The smallest absolute Gasteiger partial charge is 0.108 e. The number of β-amino-alcohol motifs (C(OH)–C–C–N with tert-alkyl or cyclic N) is 1. The van der Waals surface area contributed by atoms with E-state index in [1.807, 2.05) is 6.92 Å². The second kappa shape index (κ2) is 6.12. The van der Waals surface area contributed by atoms with Crippen LogP contribution >= 0.6 is 11.3 Å². The van der Waals surface area contributed by atoms with E-state index in [0.717, 1.165) is 19.4 Å². The van der Waals surface area contributed by atoms with Crippen LogP contribution < -0.4 is 0 Å². The third-order valence-corrected chi connectivity index (χ3v) is 4.46. The molecule has 0 aliphatic carbocycles. The summed E-state index contributed by atoms with van der Waals surface area (Å²) in [5.74, 6) is 0. The van der Waals surface area contributed by atoms with Crippen molar-refractivity contribution in [3.05, 3.63) is 22.4 Å². The molecule has 0 unspecified atom stereocenters. The van der Waals surface area contributed by atoms with E-state index in [0.29, 0.717) is 6.54 Å². The summed E-state index contributed by atoms with van der Waals surface area (Å²) < 4.78 is 0. The van der Waals surface area contributed by atoms with Crippen molar-refractivity contribution in [1.82, 2.24) is 4.90 Å². The Hall–Kier alpha value is -0.460. The maximum absolute atomic E-state index is 9.82. The van der Waals surface area contributed by atoms with Gasteiger partial charge >= 0.3 is 0 Å². The predicted molar refractivity (Wildman–Crippen MR) is 71.7 cm³/mol. The van der Waals surface area contributed by atoms with Crippen molar-refractivity contribution in [3.63, 3.8) is 0 Å². The Labute approximate surface area is 111 Å². The molecule has 3 N–H and O–H groups in total. The maximum Gasteiger partial charge on any atom is 0.108 e. The average Bonchev–Trinajstić information content (AvgIpc) is 2.86. The van der Waals surface area contributed by atoms with Gasteiger partial charge in [0.15, 0.2) is 0 Å². The van der Waals surface area contributed by atoms with Gasteiger partial charge < -0.3 is 15.3 Å². The summed E-state index contributed by atoms with van der Waals surface area (Å²) >= 11 is 1.70. The summed E-state index contributed by atoms with van der Waals surface area (Å²) in [6.45, 7) is 3.16. The summed E-state index contributed by atoms with van der Waals surface area (Å²) in [5, 5.41) is 33.3. The highest BCUT2D eigenvalue weighted by atomic mass is 32.1. The fourth-order valence-corrected chi connectivity index (χ4v) is 3.16. The van der Waals surface area contributed by atoms with Crippen molar-refractivity contribution in [2.45, 2.75) is 44.1 Å². The van der Waals surface area contributed by atoms with E-state index >= 15 is 0 Å². The van der Waals surface area contributed by atoms with Gasteiger partial charge in [0.2, 0.25) is 0 Å². The molecule has 4 atom stereocenters. The van der Waals surface area contributed by atoms with Gasteiger partial charge in [-0.3, -0.25) is 4.90 Å². The number of likely N-dealkylation sites (tertiary alicyclic amines) is 1. The van der Waals surface area contributed by atoms with Gasteiger partial charge in [-0.25, -0.2) is 0 Å². The quantitative estimate of drug-likeness (QED) is 0.745. The third kappa shape index (κ3) is 3.10. The molecule has 1 fully saturated rings. The molecular weight excluding hydrogens is 250 g/mol. The molecule has 0 saturated carbocycles. The molecule has 102 valence electrons. The van der Waals surface area contributed by atoms with Gasteiger partial charge in [0, 0.05) is 12.6 Å². The molecule has 0 spiro atoms. The summed E-state index contributed by atoms with van der Waals surface area (Å²) in [7, 11) is 0. The molecule has 0 aromatic carbocycles. The highest BCUT2D eigenvalue weighted by molar-refractivity contribution is 7.07. The lowest BCUT2D eigenvalue weighted by Crippen LogP contribution is -2.60. The van der Waals surface area contributed by atoms with Crippen LogP contribution in [-0.4, -0.2) is 57.7 Å². The van der Waals surface area contributed by atoms with Gasteiger partial charge in [-0.2, -0.15) is 11.3 Å². The Morgan fingerprint density at radius 1 is 1.33 bits per heavy atom. The van der Waals surface area contributed by atoms with E-state index in [4.69, 9.17) is 0 Å². The number of nitrogens with zero attached hydrogens (tertiary/aromatic N) is 1. The normalized spacial score (nSPS) is 33.8. The molecular formula is C13H21NO3S. The molecule has 4 nitrogen and oxygen atoms in total. The van der Waals surface area contributed by atoms with E-state index in [1.165, 1.54) is 5.56 Å². The Balaban J connectivity index is 1.81. The Kier molecular flexibility index (Phi) is 4.75. The van der Waals surface area contributed by atoms with Gasteiger partial charge in [-0.05, 0) is 48.7 Å². The number of piperidine rings is 1. The van der Waals surface area contributed by atoms with Crippen molar-refractivity contribution in [2.75, 3.05) is 13.1 Å². The molecule has 2 rings (SSSR count). The minimum Gasteiger partial charge on any atom is -0.389 e. The highest BCUT2D eigenvalue weighted by Gasteiger charge is 2.38. The van der Waals surface area contributed by atoms with Gasteiger partial charge in [0.05, 0.1) is 12.2 Å². The maximum atomic E-state index is 9.82. The largest absolute Gasteiger partial charge is 0.389 e. The first-order valence-electron chi connectivity index (χ1n) is 6.39. The van der Waals surface area contributed by atoms with Crippen molar-refractivity contribution < 1.29 is 15.3 Å². The standard InChI is InChI=1S/C13H21NO3S/c1-9-12(16)13(17)11(15)7-14(9)5-2-3-10-4-6-18-8-10/h4,6,8-9,11-13,15-17H,2-3,5,7H2,1H3/t9-,11+,12-,13-/m1/s1. The van der Waals surface area contributed by atoms with Crippen molar-refractivity contribution >= 4 is 11.3 Å². The Bertz CT molecular complexity index is 357. The Morgan fingerprint density at radius 2 is 2.11 bits per heavy atom. The molecule has 0 bridgehead atoms. The number of hydrogen-bond donors (Lipinski definition) is 3. The molecule has 5 heteroatoms. The number of thiophene rings is 1. The first-order valence-corrected chi connectivity index (χ1v) is 7.33. The van der Waals surface area contributed by atoms with E-state index < -0.39 is 18.3 Å². The van der Waals surface area contributed by atoms with Crippen LogP contribution in [0.5, 0.6) is 0 Å². The van der Waals surface area contributed by atoms with Crippen molar-refractivity contribution in [3.8, 4) is 0 Å². The topological polar surface area (TPSA) is 63.9 Å². The fourth-order valence-electron chi connectivity index (χ4n) is 2.46. The average molecular weight is 271 g/mol. The molecule has 18 heavy (non-hydrogen) atoms. The molecule has 1 aliphatic heterocycles. The minimum atomic E-state index is -1.02. The summed E-state index contributed by atoms with van der Waals surface area (Å²) in [5.41, 5.74) is 1.34. The number of aliphatic hydroxyl groups excluding tert-OH is 3. The van der Waals surface area contributed by atoms with Gasteiger partial charge in [0.25, 0.3) is 0 Å². The molecule has 0 radical (unpaired) electrons. The zero-order chi connectivity index (χ0) is 13.1. The Morgan fingerprint density at radius 3 is 2.78 bits per heavy atom. The number of rotatable bonds is 4. The van der Waals surface area contributed by atoms with Crippen LogP contribution in [-0.2, 0) is 6.42 Å². The fraction of sp³-hybridized carbons (Fsp3) is 0.692. The highest BCUT2D eigenvalue weighted by Crippen LogP contribution is 2.19. The van der Waals surface area contributed by atoms with Crippen LogP contribution in [0.2, 0.25) is 0 Å². The lowest BCUT2D eigenvalue weighted by Gasteiger charge is -2.42. The molecule has 0 amide bonds. The minimum absolute atomic E-state index is 0.106. The van der Waals surface area contributed by atoms with Crippen LogP contribution in [0, 0.1) is 0 Å². The summed E-state index contributed by atoms with van der Waals surface area (Å²) in [4.78, 5) is 2.05. The second-order valence-corrected chi connectivity index (χ2v) is 5.80. The predicted octanol–water partition coefficient (Wildman–Crippen LogP) is 0.467. The van der Waals surface area contributed by atoms with Gasteiger partial charge in [0.1, 0.15) is 6.10 Å². The van der Waals surface area contributed by atoms with Gasteiger partial charge in [-0.15, -0.1) is 0 Å². The van der Waals surface area contributed by atoms with E-state index in [2.05, 4.69) is 21.7 Å². The summed E-state index contributed by atoms with van der Waals surface area (Å²) in [6.07, 6.45) is -0.724. The summed E-state index contributed by atoms with van der Waals surface area (Å²) in [6, 6.07) is 2.02. The first kappa shape index (κ1) is 14.0. The van der Waals surface area contributed by atoms with Crippen molar-refractivity contribution in [1.29, 1.82) is 0 Å². The molecule has 1 saturated heterocycles. The zero-order valence-corrected chi connectivity index (χ0v) is 11.4. The van der Waals surface area contributed by atoms with E-state index in [1.54, 1.807) is 11.3 Å². The molecule has 1 aromatic heterocycles. The molecule has 1 aliphatic rings. The molecule has 2 heterocycles. The van der Waals surface area contributed by atoms with E-state index in [-0.39, 0.29) is 6.04 Å². The number of aliphatic hydroxyl groups is 3.